The molecule has 0 atom stereocenters. The van der Waals surface area contributed by atoms with Crippen LogP contribution in [0, 0.1) is 0 Å². The fourth-order valence-electron chi connectivity index (χ4n) is 1.63. The Morgan fingerprint density at radius 1 is 1.50 bits per heavy atom. The van der Waals surface area contributed by atoms with E-state index in [2.05, 4.69) is 10.3 Å². The number of nitrogens with two attached hydrogens (primary N) is 1. The van der Waals surface area contributed by atoms with E-state index in [-0.39, 0.29) is 5.91 Å². The number of nitrogens with one attached hydrogen (secondary N) is 1. The van der Waals surface area contributed by atoms with Gasteiger partial charge in [0.15, 0.2) is 5.13 Å². The van der Waals surface area contributed by atoms with Crippen molar-refractivity contribution in [1.29, 1.82) is 0 Å². The van der Waals surface area contributed by atoms with E-state index in [0.29, 0.717) is 11.6 Å². The van der Waals surface area contributed by atoms with E-state index < -0.39 is 0 Å². The Hall–Kier alpha value is -1.88. The number of carbonyl (C=O) groups excluding carboxylic acids is 1. The van der Waals surface area contributed by atoms with Crippen molar-refractivity contribution < 1.29 is 4.79 Å². The largest absolute Gasteiger partial charge is 0.375 e. The van der Waals surface area contributed by atoms with E-state index in [1.807, 2.05) is 36.6 Å². The molecule has 0 aliphatic rings. The highest BCUT2D eigenvalue weighted by Crippen LogP contribution is 2.25. The van der Waals surface area contributed by atoms with Crippen molar-refractivity contribution in [3.63, 3.8) is 0 Å². The second kappa shape index (κ2) is 5.64. The molecule has 2 aromatic rings. The Morgan fingerprint density at radius 2 is 2.33 bits per heavy atom. The maximum Gasteiger partial charge on any atom is 0.224 e. The maximum absolute atomic E-state index is 11.5. The Bertz CT molecular complexity index is 551. The lowest BCUT2D eigenvalue weighted by atomic mass is 10.1. The van der Waals surface area contributed by atoms with Crippen molar-refractivity contribution in [2.45, 2.75) is 19.8 Å². The summed E-state index contributed by atoms with van der Waals surface area (Å²) in [5, 5.41) is 5.32. The fraction of sp³-hybridized carbons (Fsp3) is 0.231. The van der Waals surface area contributed by atoms with Crippen LogP contribution in [0.5, 0.6) is 0 Å². The number of aromatic nitrogens is 1. The van der Waals surface area contributed by atoms with Crippen LogP contribution >= 0.6 is 11.3 Å². The molecule has 0 aliphatic carbocycles. The van der Waals surface area contributed by atoms with Crippen molar-refractivity contribution in [3.05, 3.63) is 29.6 Å². The zero-order valence-electron chi connectivity index (χ0n) is 10.1. The van der Waals surface area contributed by atoms with Gasteiger partial charge in [-0.05, 0) is 18.6 Å². The summed E-state index contributed by atoms with van der Waals surface area (Å²) in [6.07, 6.45) is 1.38. The summed E-state index contributed by atoms with van der Waals surface area (Å²) in [5.74, 6) is 0.0347. The molecule has 18 heavy (non-hydrogen) atoms. The molecule has 5 heteroatoms. The Labute approximate surface area is 110 Å². The van der Waals surface area contributed by atoms with Crippen molar-refractivity contribution >= 4 is 28.1 Å². The van der Waals surface area contributed by atoms with Gasteiger partial charge in [-0.25, -0.2) is 4.98 Å². The number of carbonyl (C=O) groups is 1. The molecule has 0 unspecified atom stereocenters. The molecule has 0 saturated heterocycles. The number of amides is 1. The van der Waals surface area contributed by atoms with Gasteiger partial charge in [0.25, 0.3) is 0 Å². The van der Waals surface area contributed by atoms with Crippen LogP contribution in [0.2, 0.25) is 0 Å². The third-order valence-corrected chi connectivity index (χ3v) is 3.11. The standard InChI is InChI=1S/C13H15N3OS/c1-2-4-12(17)15-10-6-3-5-9(7-10)11-8-18-13(14)16-11/h3,5-8H,2,4H2,1H3,(H2,14,16)(H,15,17). The van der Waals surface area contributed by atoms with Crippen molar-refractivity contribution in [1.82, 2.24) is 4.98 Å². The van der Waals surface area contributed by atoms with Gasteiger partial charge in [0.1, 0.15) is 0 Å². The number of hydrogen-bond acceptors (Lipinski definition) is 4. The lowest BCUT2D eigenvalue weighted by Gasteiger charge is -2.05. The highest BCUT2D eigenvalue weighted by Gasteiger charge is 2.05. The summed E-state index contributed by atoms with van der Waals surface area (Å²) in [6, 6.07) is 7.62. The van der Waals surface area contributed by atoms with Gasteiger partial charge in [0, 0.05) is 23.1 Å². The molecule has 0 saturated carbocycles. The average molecular weight is 261 g/mol. The molecule has 0 fully saturated rings. The summed E-state index contributed by atoms with van der Waals surface area (Å²) in [5.41, 5.74) is 8.19. The van der Waals surface area contributed by atoms with Gasteiger partial charge >= 0.3 is 0 Å². The number of nitrogens with zero attached hydrogens (tertiary/aromatic N) is 1. The number of nitrogen functional groups attached to an aromatic ring is 1. The van der Waals surface area contributed by atoms with E-state index in [1.165, 1.54) is 11.3 Å². The predicted molar refractivity (Wildman–Crippen MR) is 75.5 cm³/mol. The number of benzene rings is 1. The first kappa shape index (κ1) is 12.6. The molecule has 0 bridgehead atoms. The van der Waals surface area contributed by atoms with Crippen molar-refractivity contribution in [2.75, 3.05) is 11.1 Å². The minimum absolute atomic E-state index is 0.0347. The van der Waals surface area contributed by atoms with E-state index >= 15 is 0 Å². The van der Waals surface area contributed by atoms with E-state index in [1.54, 1.807) is 0 Å². The first-order valence-corrected chi connectivity index (χ1v) is 6.68. The van der Waals surface area contributed by atoms with Gasteiger partial charge in [0.05, 0.1) is 5.69 Å². The maximum atomic E-state index is 11.5. The minimum atomic E-state index is 0.0347. The molecule has 0 spiro atoms. The predicted octanol–water partition coefficient (Wildman–Crippen LogP) is 3.13. The molecule has 2 rings (SSSR count). The number of anilines is 2. The van der Waals surface area contributed by atoms with Crippen LogP contribution in [-0.4, -0.2) is 10.9 Å². The molecule has 94 valence electrons. The normalized spacial score (nSPS) is 10.3. The van der Waals surface area contributed by atoms with Gasteiger partial charge in [-0.15, -0.1) is 11.3 Å². The minimum Gasteiger partial charge on any atom is -0.375 e. The number of rotatable bonds is 4. The summed E-state index contributed by atoms with van der Waals surface area (Å²) >= 11 is 1.41. The van der Waals surface area contributed by atoms with Crippen molar-refractivity contribution in [2.24, 2.45) is 0 Å². The summed E-state index contributed by atoms with van der Waals surface area (Å²) in [4.78, 5) is 15.7. The van der Waals surface area contributed by atoms with Crippen LogP contribution in [0.25, 0.3) is 11.3 Å². The quantitative estimate of drug-likeness (QED) is 0.888. The lowest BCUT2D eigenvalue weighted by Crippen LogP contribution is -2.10. The fourth-order valence-corrected chi connectivity index (χ4v) is 2.20. The number of thiazole rings is 1. The van der Waals surface area contributed by atoms with Gasteiger partial charge in [-0.1, -0.05) is 19.1 Å². The highest BCUT2D eigenvalue weighted by atomic mass is 32.1. The monoisotopic (exact) mass is 261 g/mol. The molecule has 0 radical (unpaired) electrons. The van der Waals surface area contributed by atoms with E-state index in [0.717, 1.165) is 23.4 Å². The van der Waals surface area contributed by atoms with Crippen LogP contribution in [0.1, 0.15) is 19.8 Å². The zero-order valence-corrected chi connectivity index (χ0v) is 11.0. The second-order valence-corrected chi connectivity index (χ2v) is 4.84. The van der Waals surface area contributed by atoms with Gasteiger partial charge in [-0.2, -0.15) is 0 Å². The highest BCUT2D eigenvalue weighted by molar-refractivity contribution is 7.13. The van der Waals surface area contributed by atoms with Gasteiger partial charge in [0.2, 0.25) is 5.91 Å². The van der Waals surface area contributed by atoms with Crippen LogP contribution < -0.4 is 11.1 Å². The first-order chi connectivity index (χ1) is 8.69. The summed E-state index contributed by atoms with van der Waals surface area (Å²) < 4.78 is 0. The molecule has 1 heterocycles. The van der Waals surface area contributed by atoms with E-state index in [4.69, 9.17) is 5.73 Å². The summed E-state index contributed by atoms with van der Waals surface area (Å²) in [7, 11) is 0. The topological polar surface area (TPSA) is 68.0 Å². The lowest BCUT2D eigenvalue weighted by molar-refractivity contribution is -0.116. The smallest absolute Gasteiger partial charge is 0.224 e. The SMILES string of the molecule is CCCC(=O)Nc1cccc(-c2csc(N)n2)c1. The van der Waals surface area contributed by atoms with Gasteiger partial charge < -0.3 is 11.1 Å². The molecule has 1 amide bonds. The molecule has 4 nitrogen and oxygen atoms in total. The Kier molecular flexibility index (Phi) is 3.94. The van der Waals surface area contributed by atoms with Crippen LogP contribution in [0.3, 0.4) is 0 Å². The molecule has 3 N–H and O–H groups in total. The third kappa shape index (κ3) is 3.07. The third-order valence-electron chi connectivity index (χ3n) is 2.44. The van der Waals surface area contributed by atoms with Gasteiger partial charge in [-0.3, -0.25) is 4.79 Å². The Morgan fingerprint density at radius 3 is 3.00 bits per heavy atom. The van der Waals surface area contributed by atoms with Crippen LogP contribution in [0.15, 0.2) is 29.6 Å². The van der Waals surface area contributed by atoms with Crippen LogP contribution in [-0.2, 0) is 4.79 Å². The molecular weight excluding hydrogens is 246 g/mol. The van der Waals surface area contributed by atoms with Crippen LogP contribution in [0.4, 0.5) is 10.8 Å². The van der Waals surface area contributed by atoms with E-state index in [9.17, 15) is 4.79 Å². The Balaban J connectivity index is 2.17. The molecule has 0 aliphatic heterocycles. The second-order valence-electron chi connectivity index (χ2n) is 3.95. The molecule has 1 aromatic heterocycles. The van der Waals surface area contributed by atoms with Crippen molar-refractivity contribution in [3.8, 4) is 11.3 Å². The zero-order chi connectivity index (χ0) is 13.0. The molecule has 1 aromatic carbocycles. The number of hydrogen-bond donors (Lipinski definition) is 2. The molecular formula is C13H15N3OS. The first-order valence-electron chi connectivity index (χ1n) is 5.80. The average Bonchev–Trinajstić information content (AvgIpc) is 2.76. The summed E-state index contributed by atoms with van der Waals surface area (Å²) in [6.45, 7) is 1.98.